The van der Waals surface area contributed by atoms with Crippen LogP contribution in [0, 0.1) is 16.7 Å². The molecule has 0 heterocycles. The Hall–Kier alpha value is -0.0400. The van der Waals surface area contributed by atoms with Crippen LogP contribution < -0.4 is 5.32 Å². The average Bonchev–Trinajstić information content (AvgIpc) is 2.24. The van der Waals surface area contributed by atoms with Crippen LogP contribution in [0.15, 0.2) is 0 Å². The zero-order valence-corrected chi connectivity index (χ0v) is 13.9. The fourth-order valence-electron chi connectivity index (χ4n) is 5.11. The van der Waals surface area contributed by atoms with Crippen LogP contribution in [-0.2, 0) is 0 Å². The molecule has 2 unspecified atom stereocenters. The first-order valence-corrected chi connectivity index (χ1v) is 8.56. The van der Waals surface area contributed by atoms with Crippen LogP contribution in [0.25, 0.3) is 0 Å². The highest BCUT2D eigenvalue weighted by Gasteiger charge is 2.39. The van der Waals surface area contributed by atoms with Crippen molar-refractivity contribution >= 4 is 0 Å². The van der Waals surface area contributed by atoms with E-state index in [9.17, 15) is 0 Å². The molecule has 2 atom stereocenters. The Labute approximate surface area is 120 Å². The number of hydrogen-bond acceptors (Lipinski definition) is 1. The van der Waals surface area contributed by atoms with Gasteiger partial charge in [0.05, 0.1) is 0 Å². The minimum absolute atomic E-state index is 0.512. The van der Waals surface area contributed by atoms with Crippen LogP contribution in [-0.4, -0.2) is 12.1 Å². The van der Waals surface area contributed by atoms with Crippen molar-refractivity contribution in [3.05, 3.63) is 0 Å². The van der Waals surface area contributed by atoms with Gasteiger partial charge in [0.15, 0.2) is 0 Å². The summed E-state index contributed by atoms with van der Waals surface area (Å²) in [5, 5.41) is 4.03. The monoisotopic (exact) mass is 265 g/mol. The second-order valence-corrected chi connectivity index (χ2v) is 8.91. The lowest BCUT2D eigenvalue weighted by Gasteiger charge is -2.46. The van der Waals surface area contributed by atoms with E-state index in [2.05, 4.69) is 39.9 Å². The molecule has 0 aromatic heterocycles. The van der Waals surface area contributed by atoms with E-state index >= 15 is 0 Å². The van der Waals surface area contributed by atoms with E-state index < -0.39 is 0 Å². The lowest BCUT2D eigenvalue weighted by atomic mass is 9.63. The highest BCUT2D eigenvalue weighted by Crippen LogP contribution is 2.46. The van der Waals surface area contributed by atoms with Gasteiger partial charge in [-0.1, -0.05) is 53.9 Å². The molecule has 1 nitrogen and oxygen atoms in total. The van der Waals surface area contributed by atoms with Crippen LogP contribution in [0.3, 0.4) is 0 Å². The van der Waals surface area contributed by atoms with E-state index in [0.717, 1.165) is 18.0 Å². The Morgan fingerprint density at radius 3 is 2.16 bits per heavy atom. The van der Waals surface area contributed by atoms with Gasteiger partial charge in [0, 0.05) is 12.1 Å². The Balaban J connectivity index is 1.91. The van der Waals surface area contributed by atoms with Crippen molar-refractivity contribution in [2.75, 3.05) is 0 Å². The zero-order chi connectivity index (χ0) is 14.1. The third-order valence-electron chi connectivity index (χ3n) is 5.39. The summed E-state index contributed by atoms with van der Waals surface area (Å²) < 4.78 is 0. The van der Waals surface area contributed by atoms with Crippen LogP contribution in [0.5, 0.6) is 0 Å². The van der Waals surface area contributed by atoms with E-state index in [4.69, 9.17) is 0 Å². The van der Waals surface area contributed by atoms with Crippen molar-refractivity contribution in [1.29, 1.82) is 0 Å². The van der Waals surface area contributed by atoms with Gasteiger partial charge in [-0.15, -0.1) is 0 Å². The summed E-state index contributed by atoms with van der Waals surface area (Å²) in [6, 6.07) is 1.55. The molecule has 0 bridgehead atoms. The number of rotatable bonds is 3. The maximum Gasteiger partial charge on any atom is 0.00798 e. The van der Waals surface area contributed by atoms with Gasteiger partial charge >= 0.3 is 0 Å². The third-order valence-corrected chi connectivity index (χ3v) is 5.39. The highest BCUT2D eigenvalue weighted by molar-refractivity contribution is 4.94. The van der Waals surface area contributed by atoms with E-state index in [0.29, 0.717) is 10.8 Å². The number of nitrogens with one attached hydrogen (secondary N) is 1. The molecule has 0 saturated heterocycles. The summed E-state index contributed by atoms with van der Waals surface area (Å²) in [6.45, 7) is 12.2. The molecule has 0 aliphatic heterocycles. The lowest BCUT2D eigenvalue weighted by molar-refractivity contribution is 0.0753. The van der Waals surface area contributed by atoms with E-state index in [1.165, 1.54) is 51.4 Å². The third kappa shape index (κ3) is 4.48. The molecule has 2 aliphatic carbocycles. The van der Waals surface area contributed by atoms with Gasteiger partial charge in [0.1, 0.15) is 0 Å². The Morgan fingerprint density at radius 1 is 0.947 bits per heavy atom. The molecule has 0 aromatic carbocycles. The molecule has 1 N–H and O–H groups in total. The maximum absolute atomic E-state index is 4.03. The van der Waals surface area contributed by atoms with Gasteiger partial charge in [-0.25, -0.2) is 0 Å². The second-order valence-electron chi connectivity index (χ2n) is 8.91. The smallest absolute Gasteiger partial charge is 0.00798 e. The Morgan fingerprint density at radius 2 is 1.58 bits per heavy atom. The van der Waals surface area contributed by atoms with Crippen molar-refractivity contribution < 1.29 is 0 Å². The Kier molecular flexibility index (Phi) is 4.65. The highest BCUT2D eigenvalue weighted by atomic mass is 15.0. The number of hydrogen-bond donors (Lipinski definition) is 1. The van der Waals surface area contributed by atoms with Gasteiger partial charge in [-0.05, 0) is 48.9 Å². The first kappa shape index (κ1) is 15.4. The van der Waals surface area contributed by atoms with Gasteiger partial charge < -0.3 is 5.32 Å². The summed E-state index contributed by atoms with van der Waals surface area (Å²) in [7, 11) is 0. The first-order chi connectivity index (χ1) is 8.80. The molecular weight excluding hydrogens is 230 g/mol. The van der Waals surface area contributed by atoms with Crippen molar-refractivity contribution in [2.45, 2.75) is 98.1 Å². The average molecular weight is 265 g/mol. The molecule has 0 aromatic rings. The fourth-order valence-corrected chi connectivity index (χ4v) is 5.11. The van der Waals surface area contributed by atoms with E-state index in [1.54, 1.807) is 0 Å². The predicted molar refractivity (Wildman–Crippen MR) is 84.4 cm³/mol. The predicted octanol–water partition coefficient (Wildman–Crippen LogP) is 5.15. The van der Waals surface area contributed by atoms with Crippen LogP contribution in [0.2, 0.25) is 0 Å². The summed E-state index contributed by atoms with van der Waals surface area (Å²) >= 11 is 0. The van der Waals surface area contributed by atoms with Gasteiger partial charge in [0.25, 0.3) is 0 Å². The summed E-state index contributed by atoms with van der Waals surface area (Å²) in [6.07, 6.45) is 11.2. The molecule has 112 valence electrons. The van der Waals surface area contributed by atoms with Gasteiger partial charge in [-0.3, -0.25) is 0 Å². The fraction of sp³-hybridized carbons (Fsp3) is 1.00. The van der Waals surface area contributed by atoms with Gasteiger partial charge in [0.2, 0.25) is 0 Å². The first-order valence-electron chi connectivity index (χ1n) is 8.56. The van der Waals surface area contributed by atoms with Crippen molar-refractivity contribution in [3.63, 3.8) is 0 Å². The molecule has 2 aliphatic rings. The normalized spacial score (nSPS) is 35.2. The zero-order valence-electron chi connectivity index (χ0n) is 13.9. The molecule has 19 heavy (non-hydrogen) atoms. The molecule has 2 saturated carbocycles. The van der Waals surface area contributed by atoms with Crippen molar-refractivity contribution in [3.8, 4) is 0 Å². The van der Waals surface area contributed by atoms with Crippen LogP contribution >= 0.6 is 0 Å². The molecule has 2 fully saturated rings. The minimum atomic E-state index is 0.512. The maximum atomic E-state index is 4.03. The van der Waals surface area contributed by atoms with Crippen molar-refractivity contribution in [1.82, 2.24) is 5.32 Å². The minimum Gasteiger partial charge on any atom is -0.311 e. The van der Waals surface area contributed by atoms with Gasteiger partial charge in [-0.2, -0.15) is 0 Å². The standard InChI is InChI=1S/C18H35N/c1-6-14-8-7-9-15(10-14)19-16-11-17(2,3)13-18(4,5)12-16/h14-16,19H,6-13H2,1-5H3. The molecule has 0 radical (unpaired) electrons. The molecule has 0 spiro atoms. The molecule has 1 heteroatoms. The van der Waals surface area contributed by atoms with Crippen LogP contribution in [0.1, 0.15) is 86.0 Å². The largest absolute Gasteiger partial charge is 0.311 e. The van der Waals surface area contributed by atoms with Crippen molar-refractivity contribution in [2.24, 2.45) is 16.7 Å². The molecule has 0 amide bonds. The summed E-state index contributed by atoms with van der Waals surface area (Å²) in [4.78, 5) is 0. The molecule has 2 rings (SSSR count). The van der Waals surface area contributed by atoms with Crippen LogP contribution in [0.4, 0.5) is 0 Å². The SMILES string of the molecule is CCC1CCCC(NC2CC(C)(C)CC(C)(C)C2)C1. The molecular formula is C18H35N. The quantitative estimate of drug-likeness (QED) is 0.744. The summed E-state index contributed by atoms with van der Waals surface area (Å²) in [5.41, 5.74) is 1.02. The topological polar surface area (TPSA) is 12.0 Å². The van der Waals surface area contributed by atoms with E-state index in [1.807, 2.05) is 0 Å². The lowest BCUT2D eigenvalue weighted by Crippen LogP contribution is -2.48. The summed E-state index contributed by atoms with van der Waals surface area (Å²) in [5.74, 6) is 0.982. The second kappa shape index (κ2) is 5.76. The van der Waals surface area contributed by atoms with E-state index in [-0.39, 0.29) is 0 Å². The Bertz CT molecular complexity index is 276.